The molecule has 140 valence electrons. The molecule has 1 atom stereocenters. The molecule has 0 spiro atoms. The highest BCUT2D eigenvalue weighted by molar-refractivity contribution is 7.80. The Kier molecular flexibility index (Phi) is 6.42. The van der Waals surface area contributed by atoms with Crippen LogP contribution in [0.5, 0.6) is 0 Å². The van der Waals surface area contributed by atoms with E-state index >= 15 is 0 Å². The molecule has 7 heteroatoms. The Morgan fingerprint density at radius 3 is 2.52 bits per heavy atom. The molecule has 1 aliphatic heterocycles. The molecule has 2 N–H and O–H groups in total. The number of amidine groups is 1. The van der Waals surface area contributed by atoms with Gasteiger partial charge in [-0.2, -0.15) is 0 Å². The van der Waals surface area contributed by atoms with Crippen molar-refractivity contribution in [2.24, 2.45) is 4.99 Å². The number of thiocarbonyl (C=S) groups is 1. The second-order valence-electron chi connectivity index (χ2n) is 6.21. The Balaban J connectivity index is 1.63. The Hall–Kier alpha value is -2.44. The van der Waals surface area contributed by atoms with E-state index in [-0.39, 0.29) is 17.1 Å². The Morgan fingerprint density at radius 2 is 1.85 bits per heavy atom. The Labute approximate surface area is 169 Å². The summed E-state index contributed by atoms with van der Waals surface area (Å²) in [6.07, 6.45) is 1.73. The summed E-state index contributed by atoms with van der Waals surface area (Å²) in [5.74, 6) is 0.491. The minimum Gasteiger partial charge on any atom is -0.360 e. The fourth-order valence-electron chi connectivity index (χ4n) is 3.17. The fourth-order valence-corrected chi connectivity index (χ4v) is 3.49. The SMILES string of the molecule is CN=C(NC(=S)NC(=O)C1CCCN1c1ccc(Cl)cc1)c1ccccc1. The lowest BCUT2D eigenvalue weighted by molar-refractivity contribution is -0.120. The molecule has 0 aliphatic carbocycles. The van der Waals surface area contributed by atoms with Crippen LogP contribution in [0.3, 0.4) is 0 Å². The molecule has 27 heavy (non-hydrogen) atoms. The zero-order valence-electron chi connectivity index (χ0n) is 15.0. The predicted molar refractivity (Wildman–Crippen MR) is 115 cm³/mol. The minimum atomic E-state index is -0.260. The van der Waals surface area contributed by atoms with Crippen LogP contribution in [0.15, 0.2) is 59.6 Å². The number of carbonyl (C=O) groups excluding carboxylic acids is 1. The van der Waals surface area contributed by atoms with Gasteiger partial charge in [0.05, 0.1) is 0 Å². The van der Waals surface area contributed by atoms with Gasteiger partial charge in [0.15, 0.2) is 5.11 Å². The van der Waals surface area contributed by atoms with E-state index < -0.39 is 0 Å². The smallest absolute Gasteiger partial charge is 0.248 e. The van der Waals surface area contributed by atoms with E-state index in [1.54, 1.807) is 7.05 Å². The van der Waals surface area contributed by atoms with Crippen molar-refractivity contribution in [3.63, 3.8) is 0 Å². The van der Waals surface area contributed by atoms with Gasteiger partial charge in [-0.3, -0.25) is 9.79 Å². The van der Waals surface area contributed by atoms with Crippen LogP contribution in [-0.2, 0) is 4.79 Å². The number of aliphatic imine (C=N–C) groups is 1. The lowest BCUT2D eigenvalue weighted by Crippen LogP contribution is -2.49. The highest BCUT2D eigenvalue weighted by Crippen LogP contribution is 2.26. The van der Waals surface area contributed by atoms with Gasteiger partial charge in [-0.05, 0) is 49.3 Å². The molecule has 0 radical (unpaired) electrons. The van der Waals surface area contributed by atoms with Crippen LogP contribution in [0.4, 0.5) is 5.69 Å². The molecule has 1 fully saturated rings. The first-order chi connectivity index (χ1) is 13.1. The lowest BCUT2D eigenvalue weighted by atomic mass is 10.2. The maximum Gasteiger partial charge on any atom is 0.248 e. The fraction of sp³-hybridized carbons (Fsp3) is 0.250. The third-order valence-electron chi connectivity index (χ3n) is 4.45. The number of hydrogen-bond acceptors (Lipinski definition) is 4. The molecule has 2 aromatic rings. The summed E-state index contributed by atoms with van der Waals surface area (Å²) in [7, 11) is 1.68. The normalized spacial score (nSPS) is 16.9. The first kappa shape index (κ1) is 19.3. The van der Waals surface area contributed by atoms with E-state index in [0.29, 0.717) is 10.9 Å². The maximum absolute atomic E-state index is 12.8. The standard InChI is InChI=1S/C20H21ClN4OS/c1-22-18(14-6-3-2-4-7-14)23-20(27)24-19(26)17-8-5-13-25(17)16-11-9-15(21)10-12-16/h2-4,6-7,9-12,17H,5,8,13H2,1H3,(H2,22,23,24,26,27). The van der Waals surface area contributed by atoms with Crippen LogP contribution in [0.1, 0.15) is 18.4 Å². The number of carbonyl (C=O) groups is 1. The second kappa shape index (κ2) is 8.97. The van der Waals surface area contributed by atoms with Crippen molar-refractivity contribution in [3.8, 4) is 0 Å². The molecule has 0 bridgehead atoms. The molecule has 2 aromatic carbocycles. The minimum absolute atomic E-state index is 0.122. The molecule has 0 aromatic heterocycles. The number of hydrogen-bond donors (Lipinski definition) is 2. The van der Waals surface area contributed by atoms with Gasteiger partial charge in [0.25, 0.3) is 0 Å². The summed E-state index contributed by atoms with van der Waals surface area (Å²) in [5, 5.41) is 6.73. The number of benzene rings is 2. The van der Waals surface area contributed by atoms with E-state index in [1.807, 2.05) is 54.6 Å². The highest BCUT2D eigenvalue weighted by atomic mass is 35.5. The first-order valence-electron chi connectivity index (χ1n) is 8.75. The predicted octanol–water partition coefficient (Wildman–Crippen LogP) is 3.38. The summed E-state index contributed by atoms with van der Waals surface area (Å²) >= 11 is 11.3. The average molecular weight is 401 g/mol. The quantitative estimate of drug-likeness (QED) is 0.471. The van der Waals surface area contributed by atoms with Crippen molar-refractivity contribution in [1.29, 1.82) is 0 Å². The van der Waals surface area contributed by atoms with Gasteiger partial charge in [-0.15, -0.1) is 0 Å². The van der Waals surface area contributed by atoms with Gasteiger partial charge < -0.3 is 15.5 Å². The summed E-state index contributed by atoms with van der Waals surface area (Å²) in [6, 6.07) is 16.9. The average Bonchev–Trinajstić information content (AvgIpc) is 3.17. The number of rotatable bonds is 3. The van der Waals surface area contributed by atoms with E-state index in [0.717, 1.165) is 30.6 Å². The Bertz CT molecular complexity index is 839. The van der Waals surface area contributed by atoms with Crippen LogP contribution >= 0.6 is 23.8 Å². The zero-order valence-corrected chi connectivity index (χ0v) is 16.6. The second-order valence-corrected chi connectivity index (χ2v) is 7.05. The summed E-state index contributed by atoms with van der Waals surface area (Å²) < 4.78 is 0. The van der Waals surface area contributed by atoms with Crippen molar-refractivity contribution in [2.45, 2.75) is 18.9 Å². The summed E-state index contributed by atoms with van der Waals surface area (Å²) in [6.45, 7) is 0.825. The van der Waals surface area contributed by atoms with Crippen LogP contribution in [0, 0.1) is 0 Å². The van der Waals surface area contributed by atoms with Gasteiger partial charge >= 0.3 is 0 Å². The number of amides is 1. The van der Waals surface area contributed by atoms with Crippen LogP contribution in [0.25, 0.3) is 0 Å². The van der Waals surface area contributed by atoms with Crippen molar-refractivity contribution in [1.82, 2.24) is 10.6 Å². The number of anilines is 1. The van der Waals surface area contributed by atoms with Gasteiger partial charge in [-0.25, -0.2) is 0 Å². The molecular weight excluding hydrogens is 380 g/mol. The molecule has 5 nitrogen and oxygen atoms in total. The maximum atomic E-state index is 12.8. The largest absolute Gasteiger partial charge is 0.360 e. The van der Waals surface area contributed by atoms with Crippen LogP contribution < -0.4 is 15.5 Å². The molecule has 0 saturated carbocycles. The van der Waals surface area contributed by atoms with Crippen molar-refractivity contribution in [2.75, 3.05) is 18.5 Å². The Morgan fingerprint density at radius 1 is 1.15 bits per heavy atom. The van der Waals surface area contributed by atoms with Crippen molar-refractivity contribution >= 4 is 46.4 Å². The number of nitrogens with zero attached hydrogens (tertiary/aromatic N) is 2. The molecule has 3 rings (SSSR count). The molecule has 1 aliphatic rings. The molecular formula is C20H21ClN4OS. The van der Waals surface area contributed by atoms with E-state index in [9.17, 15) is 4.79 Å². The molecule has 1 amide bonds. The lowest BCUT2D eigenvalue weighted by Gasteiger charge is -2.26. The number of nitrogens with one attached hydrogen (secondary N) is 2. The third-order valence-corrected chi connectivity index (χ3v) is 4.91. The molecule has 1 unspecified atom stereocenters. The summed E-state index contributed by atoms with van der Waals surface area (Å²) in [5.41, 5.74) is 1.89. The first-order valence-corrected chi connectivity index (χ1v) is 9.53. The van der Waals surface area contributed by atoms with Crippen LogP contribution in [0.2, 0.25) is 5.02 Å². The van der Waals surface area contributed by atoms with Gasteiger partial charge in [-0.1, -0.05) is 41.9 Å². The van der Waals surface area contributed by atoms with Crippen LogP contribution in [-0.4, -0.2) is 36.5 Å². The molecule has 1 heterocycles. The number of halogens is 1. The van der Waals surface area contributed by atoms with Gasteiger partial charge in [0, 0.05) is 29.9 Å². The summed E-state index contributed by atoms with van der Waals surface area (Å²) in [4.78, 5) is 19.1. The van der Waals surface area contributed by atoms with Crippen molar-refractivity contribution in [3.05, 3.63) is 65.2 Å². The van der Waals surface area contributed by atoms with E-state index in [4.69, 9.17) is 23.8 Å². The van der Waals surface area contributed by atoms with Gasteiger partial charge in [0.2, 0.25) is 5.91 Å². The topological polar surface area (TPSA) is 56.7 Å². The molecule has 1 saturated heterocycles. The van der Waals surface area contributed by atoms with Crippen molar-refractivity contribution < 1.29 is 4.79 Å². The van der Waals surface area contributed by atoms with E-state index in [2.05, 4.69) is 20.5 Å². The zero-order chi connectivity index (χ0) is 19.2. The van der Waals surface area contributed by atoms with Gasteiger partial charge in [0.1, 0.15) is 11.9 Å². The monoisotopic (exact) mass is 400 g/mol. The highest BCUT2D eigenvalue weighted by Gasteiger charge is 2.31. The third kappa shape index (κ3) is 4.84. The van der Waals surface area contributed by atoms with E-state index in [1.165, 1.54) is 0 Å².